The van der Waals surface area contributed by atoms with E-state index in [0.29, 0.717) is 6.54 Å². The third-order valence-electron chi connectivity index (χ3n) is 3.84. The first kappa shape index (κ1) is 15.7. The molecule has 116 valence electrons. The van der Waals surface area contributed by atoms with Crippen LogP contribution in [0, 0.1) is 0 Å². The molecule has 0 bridgehead atoms. The average Bonchev–Trinajstić information content (AvgIpc) is 2.59. The van der Waals surface area contributed by atoms with E-state index in [2.05, 4.69) is 35.6 Å². The number of fused-ring (bicyclic) bond motifs is 1. The van der Waals surface area contributed by atoms with Gasteiger partial charge in [-0.25, -0.2) is 0 Å². The van der Waals surface area contributed by atoms with Crippen molar-refractivity contribution in [2.24, 2.45) is 5.73 Å². The predicted molar refractivity (Wildman–Crippen MR) is 97.5 cm³/mol. The third-order valence-corrected chi connectivity index (χ3v) is 6.59. The molecular formula is C17H20N2OS2. The van der Waals surface area contributed by atoms with E-state index in [-0.39, 0.29) is 17.2 Å². The second kappa shape index (κ2) is 7.40. The molecule has 3 nitrogen and oxygen atoms in total. The van der Waals surface area contributed by atoms with Gasteiger partial charge in [-0.1, -0.05) is 36.4 Å². The second-order valence-electron chi connectivity index (χ2n) is 5.34. The van der Waals surface area contributed by atoms with Gasteiger partial charge in [0.1, 0.15) is 0 Å². The van der Waals surface area contributed by atoms with Crippen LogP contribution in [0.15, 0.2) is 42.5 Å². The quantitative estimate of drug-likeness (QED) is 0.904. The van der Waals surface area contributed by atoms with Gasteiger partial charge in [0.15, 0.2) is 0 Å². The summed E-state index contributed by atoms with van der Waals surface area (Å²) in [4.78, 5) is 12.4. The molecule has 1 aliphatic heterocycles. The maximum atomic E-state index is 12.4. The van der Waals surface area contributed by atoms with Crippen LogP contribution in [-0.4, -0.2) is 35.0 Å². The lowest BCUT2D eigenvalue weighted by Gasteiger charge is -2.24. The summed E-state index contributed by atoms with van der Waals surface area (Å²) in [6.07, 6.45) is 0. The molecule has 0 aliphatic carbocycles. The van der Waals surface area contributed by atoms with Crippen LogP contribution in [0.5, 0.6) is 0 Å². The number of amides is 1. The summed E-state index contributed by atoms with van der Waals surface area (Å²) >= 11 is 3.60. The van der Waals surface area contributed by atoms with Crippen LogP contribution in [0.2, 0.25) is 0 Å². The van der Waals surface area contributed by atoms with Gasteiger partial charge >= 0.3 is 0 Å². The fourth-order valence-electron chi connectivity index (χ4n) is 2.61. The van der Waals surface area contributed by atoms with Crippen molar-refractivity contribution in [2.75, 3.05) is 23.8 Å². The smallest absolute Gasteiger partial charge is 0.234 e. The molecule has 5 heteroatoms. The van der Waals surface area contributed by atoms with Crippen LogP contribution >= 0.6 is 23.5 Å². The lowest BCUT2D eigenvalue weighted by molar-refractivity contribution is -0.120. The van der Waals surface area contributed by atoms with Crippen molar-refractivity contribution in [1.29, 1.82) is 0 Å². The van der Waals surface area contributed by atoms with Crippen molar-refractivity contribution in [3.05, 3.63) is 48.0 Å². The van der Waals surface area contributed by atoms with Gasteiger partial charge in [0.25, 0.3) is 0 Å². The van der Waals surface area contributed by atoms with E-state index in [1.807, 2.05) is 23.9 Å². The summed E-state index contributed by atoms with van der Waals surface area (Å²) < 4.78 is 0. The molecule has 2 aromatic rings. The van der Waals surface area contributed by atoms with Gasteiger partial charge in [-0.15, -0.1) is 11.8 Å². The highest BCUT2D eigenvalue weighted by molar-refractivity contribution is 8.07. The van der Waals surface area contributed by atoms with Gasteiger partial charge in [-0.05, 0) is 22.4 Å². The molecule has 1 saturated heterocycles. The molecule has 0 saturated carbocycles. The Bertz CT molecular complexity index is 656. The Morgan fingerprint density at radius 1 is 1.23 bits per heavy atom. The Labute approximate surface area is 139 Å². The molecule has 1 amide bonds. The topological polar surface area (TPSA) is 55.1 Å². The van der Waals surface area contributed by atoms with Gasteiger partial charge in [-0.3, -0.25) is 4.79 Å². The SMILES string of the molecule is NCC(NC(=O)C1CSCCS1)c1ccc2ccccc2c1. The molecular weight excluding hydrogens is 312 g/mol. The standard InChI is InChI=1S/C17H20N2OS2/c18-10-15(19-17(20)16-11-21-7-8-22-16)14-6-5-12-3-1-2-4-13(12)9-14/h1-6,9,15-16H,7-8,10-11,18H2,(H,19,20). The van der Waals surface area contributed by atoms with Gasteiger partial charge < -0.3 is 11.1 Å². The van der Waals surface area contributed by atoms with Crippen LogP contribution in [0.3, 0.4) is 0 Å². The minimum Gasteiger partial charge on any atom is -0.347 e. The Morgan fingerprint density at radius 3 is 2.77 bits per heavy atom. The number of hydrogen-bond donors (Lipinski definition) is 2. The third kappa shape index (κ3) is 3.59. The normalized spacial score (nSPS) is 19.8. The summed E-state index contributed by atoms with van der Waals surface area (Å²) in [5, 5.41) is 5.55. The number of thioether (sulfide) groups is 2. The Kier molecular flexibility index (Phi) is 5.28. The van der Waals surface area contributed by atoms with Crippen molar-refractivity contribution < 1.29 is 4.79 Å². The lowest BCUT2D eigenvalue weighted by Crippen LogP contribution is -2.40. The van der Waals surface area contributed by atoms with Crippen molar-refractivity contribution in [3.63, 3.8) is 0 Å². The van der Waals surface area contributed by atoms with E-state index in [4.69, 9.17) is 5.73 Å². The zero-order chi connectivity index (χ0) is 15.4. The monoisotopic (exact) mass is 332 g/mol. The van der Waals surface area contributed by atoms with Gasteiger partial charge in [0.05, 0.1) is 11.3 Å². The second-order valence-corrected chi connectivity index (χ2v) is 7.80. The zero-order valence-electron chi connectivity index (χ0n) is 12.3. The molecule has 3 N–H and O–H groups in total. The minimum absolute atomic E-state index is 0.0493. The first-order valence-corrected chi connectivity index (χ1v) is 9.67. The maximum absolute atomic E-state index is 12.4. The molecule has 3 rings (SSSR count). The van der Waals surface area contributed by atoms with E-state index < -0.39 is 0 Å². The van der Waals surface area contributed by atoms with E-state index >= 15 is 0 Å². The number of carbonyl (C=O) groups is 1. The van der Waals surface area contributed by atoms with E-state index in [0.717, 1.165) is 22.8 Å². The van der Waals surface area contributed by atoms with Crippen LogP contribution in [0.4, 0.5) is 0 Å². The average molecular weight is 332 g/mol. The first-order chi connectivity index (χ1) is 10.8. The minimum atomic E-state index is -0.121. The Morgan fingerprint density at radius 2 is 2.05 bits per heavy atom. The van der Waals surface area contributed by atoms with Crippen LogP contribution < -0.4 is 11.1 Å². The number of carbonyl (C=O) groups excluding carboxylic acids is 1. The predicted octanol–water partition coefficient (Wildman–Crippen LogP) is 2.80. The van der Waals surface area contributed by atoms with Crippen molar-refractivity contribution in [1.82, 2.24) is 5.32 Å². The fourth-order valence-corrected chi connectivity index (χ4v) is 5.17. The summed E-state index contributed by atoms with van der Waals surface area (Å²) in [5.41, 5.74) is 6.97. The van der Waals surface area contributed by atoms with Crippen LogP contribution in [0.25, 0.3) is 10.8 Å². The van der Waals surface area contributed by atoms with E-state index in [1.165, 1.54) is 10.8 Å². The van der Waals surface area contributed by atoms with Gasteiger partial charge in [-0.2, -0.15) is 11.8 Å². The molecule has 1 aliphatic rings. The van der Waals surface area contributed by atoms with Crippen molar-refractivity contribution in [2.45, 2.75) is 11.3 Å². The molecule has 0 spiro atoms. The van der Waals surface area contributed by atoms with E-state index in [9.17, 15) is 4.79 Å². The van der Waals surface area contributed by atoms with Gasteiger partial charge in [0.2, 0.25) is 5.91 Å². The molecule has 2 atom stereocenters. The highest BCUT2D eigenvalue weighted by atomic mass is 32.2. The summed E-state index contributed by atoms with van der Waals surface area (Å²) in [6, 6.07) is 14.4. The van der Waals surface area contributed by atoms with Crippen molar-refractivity contribution in [3.8, 4) is 0 Å². The molecule has 22 heavy (non-hydrogen) atoms. The Hall–Kier alpha value is -1.17. The summed E-state index contributed by atoms with van der Waals surface area (Å²) in [6.45, 7) is 0.411. The van der Waals surface area contributed by atoms with Crippen LogP contribution in [-0.2, 0) is 4.79 Å². The molecule has 0 radical (unpaired) electrons. The number of nitrogens with one attached hydrogen (secondary N) is 1. The maximum Gasteiger partial charge on any atom is 0.234 e. The Balaban J connectivity index is 1.75. The highest BCUT2D eigenvalue weighted by Crippen LogP contribution is 2.25. The number of hydrogen-bond acceptors (Lipinski definition) is 4. The number of rotatable bonds is 4. The fraction of sp³-hybridized carbons (Fsp3) is 0.353. The molecule has 0 aromatic heterocycles. The highest BCUT2D eigenvalue weighted by Gasteiger charge is 2.24. The van der Waals surface area contributed by atoms with E-state index in [1.54, 1.807) is 11.8 Å². The molecule has 1 fully saturated rings. The molecule has 1 heterocycles. The number of benzene rings is 2. The number of nitrogens with two attached hydrogens (primary N) is 1. The largest absolute Gasteiger partial charge is 0.347 e. The lowest BCUT2D eigenvalue weighted by atomic mass is 10.0. The summed E-state index contributed by atoms with van der Waals surface area (Å²) in [5.74, 6) is 3.19. The zero-order valence-corrected chi connectivity index (χ0v) is 14.0. The first-order valence-electron chi connectivity index (χ1n) is 7.46. The molecule has 2 unspecified atom stereocenters. The summed E-state index contributed by atoms with van der Waals surface area (Å²) in [7, 11) is 0. The molecule has 2 aromatic carbocycles. The van der Waals surface area contributed by atoms with Gasteiger partial charge in [0, 0.05) is 23.8 Å². The van der Waals surface area contributed by atoms with Crippen molar-refractivity contribution >= 4 is 40.2 Å². The van der Waals surface area contributed by atoms with Crippen LogP contribution in [0.1, 0.15) is 11.6 Å².